The Balaban J connectivity index is 1.63. The quantitative estimate of drug-likeness (QED) is 0.763. The number of amides is 1. The minimum Gasteiger partial charge on any atom is -0.372 e. The average molecular weight is 377 g/mol. The van der Waals surface area contributed by atoms with Crippen molar-refractivity contribution in [1.29, 1.82) is 0 Å². The molecule has 0 aliphatic carbocycles. The second-order valence-electron chi connectivity index (χ2n) is 6.89. The van der Waals surface area contributed by atoms with Crippen molar-refractivity contribution in [3.8, 4) is 0 Å². The van der Waals surface area contributed by atoms with E-state index in [1.54, 1.807) is 4.90 Å². The topological polar surface area (TPSA) is 29.5 Å². The monoisotopic (exact) mass is 377 g/mol. The zero-order chi connectivity index (χ0) is 19.4. The zero-order valence-electron chi connectivity index (χ0n) is 15.1. The minimum absolute atomic E-state index is 0.0594. The Morgan fingerprint density at radius 3 is 2.70 bits per heavy atom. The van der Waals surface area contributed by atoms with Crippen molar-refractivity contribution in [3.05, 3.63) is 70.8 Å². The van der Waals surface area contributed by atoms with E-state index in [0.717, 1.165) is 36.1 Å². The number of alkyl halides is 3. The van der Waals surface area contributed by atoms with Crippen LogP contribution in [0.1, 0.15) is 39.9 Å². The van der Waals surface area contributed by atoms with Crippen molar-refractivity contribution in [1.82, 2.24) is 4.90 Å². The molecule has 27 heavy (non-hydrogen) atoms. The maximum atomic E-state index is 12.9. The predicted molar refractivity (Wildman–Crippen MR) is 96.3 cm³/mol. The molecule has 0 spiro atoms. The van der Waals surface area contributed by atoms with Crippen molar-refractivity contribution in [3.63, 3.8) is 0 Å². The van der Waals surface area contributed by atoms with Crippen LogP contribution in [0.3, 0.4) is 0 Å². The highest BCUT2D eigenvalue weighted by Crippen LogP contribution is 2.30. The van der Waals surface area contributed by atoms with Crippen LogP contribution >= 0.6 is 0 Å². The number of rotatable bonds is 4. The fourth-order valence-electron chi connectivity index (χ4n) is 3.29. The Morgan fingerprint density at radius 1 is 1.19 bits per heavy atom. The van der Waals surface area contributed by atoms with Crippen molar-refractivity contribution >= 4 is 5.91 Å². The number of likely N-dealkylation sites (tertiary alicyclic amines) is 1. The lowest BCUT2D eigenvalue weighted by Crippen LogP contribution is -2.43. The molecular weight excluding hydrogens is 355 g/mol. The van der Waals surface area contributed by atoms with E-state index in [9.17, 15) is 18.0 Å². The first kappa shape index (κ1) is 19.4. The van der Waals surface area contributed by atoms with Gasteiger partial charge in [0.05, 0.1) is 18.3 Å². The van der Waals surface area contributed by atoms with Crippen LogP contribution in [0.5, 0.6) is 0 Å². The molecule has 1 amide bonds. The van der Waals surface area contributed by atoms with Gasteiger partial charge in [0.15, 0.2) is 0 Å². The summed E-state index contributed by atoms with van der Waals surface area (Å²) < 4.78 is 44.6. The number of aryl methyl sites for hydroxylation is 1. The van der Waals surface area contributed by atoms with E-state index in [-0.39, 0.29) is 17.6 Å². The van der Waals surface area contributed by atoms with Crippen LogP contribution in [-0.4, -0.2) is 30.0 Å². The number of nitrogens with zero attached hydrogens (tertiary/aromatic N) is 1. The molecule has 1 fully saturated rings. The highest BCUT2D eigenvalue weighted by molar-refractivity contribution is 5.94. The number of ether oxygens (including phenoxy) is 1. The summed E-state index contributed by atoms with van der Waals surface area (Å²) in [6, 6.07) is 12.6. The van der Waals surface area contributed by atoms with Crippen LogP contribution in [0, 0.1) is 6.92 Å². The van der Waals surface area contributed by atoms with Crippen LogP contribution in [0.15, 0.2) is 48.5 Å². The van der Waals surface area contributed by atoms with Gasteiger partial charge in [0.2, 0.25) is 0 Å². The number of hydrogen-bond acceptors (Lipinski definition) is 2. The largest absolute Gasteiger partial charge is 0.416 e. The number of benzene rings is 2. The fraction of sp³-hybridized carbons (Fsp3) is 0.381. The second-order valence-corrected chi connectivity index (χ2v) is 6.89. The number of hydrogen-bond donors (Lipinski definition) is 0. The van der Waals surface area contributed by atoms with E-state index >= 15 is 0 Å². The van der Waals surface area contributed by atoms with Gasteiger partial charge in [-0.3, -0.25) is 4.79 Å². The zero-order valence-corrected chi connectivity index (χ0v) is 15.1. The molecule has 3 rings (SSSR count). The van der Waals surface area contributed by atoms with Gasteiger partial charge in [0.1, 0.15) is 0 Å². The number of halogens is 3. The van der Waals surface area contributed by atoms with E-state index in [1.807, 2.05) is 31.2 Å². The third kappa shape index (κ3) is 5.10. The fourth-order valence-corrected chi connectivity index (χ4v) is 3.29. The highest BCUT2D eigenvalue weighted by Gasteiger charge is 2.32. The third-order valence-corrected chi connectivity index (χ3v) is 4.67. The molecule has 1 atom stereocenters. The van der Waals surface area contributed by atoms with Gasteiger partial charge < -0.3 is 9.64 Å². The van der Waals surface area contributed by atoms with Gasteiger partial charge >= 0.3 is 6.18 Å². The number of carbonyl (C=O) groups is 1. The first-order valence-electron chi connectivity index (χ1n) is 8.96. The lowest BCUT2D eigenvalue weighted by Gasteiger charge is -2.33. The smallest absolute Gasteiger partial charge is 0.372 e. The van der Waals surface area contributed by atoms with Gasteiger partial charge in [0, 0.05) is 18.7 Å². The van der Waals surface area contributed by atoms with E-state index in [2.05, 4.69) is 0 Å². The molecule has 0 bridgehead atoms. The van der Waals surface area contributed by atoms with Crippen LogP contribution < -0.4 is 0 Å². The van der Waals surface area contributed by atoms with E-state index in [0.29, 0.717) is 19.7 Å². The van der Waals surface area contributed by atoms with Gasteiger partial charge in [-0.25, -0.2) is 0 Å². The third-order valence-electron chi connectivity index (χ3n) is 4.67. The van der Waals surface area contributed by atoms with Crippen molar-refractivity contribution in [2.75, 3.05) is 13.1 Å². The number of piperidine rings is 1. The van der Waals surface area contributed by atoms with E-state index < -0.39 is 11.7 Å². The second kappa shape index (κ2) is 8.13. The molecule has 2 aromatic carbocycles. The average Bonchev–Trinajstić information content (AvgIpc) is 2.65. The van der Waals surface area contributed by atoms with Crippen LogP contribution in [0.4, 0.5) is 13.2 Å². The Labute approximate surface area is 156 Å². The predicted octanol–water partition coefficient (Wildman–Crippen LogP) is 4.84. The molecule has 0 unspecified atom stereocenters. The summed E-state index contributed by atoms with van der Waals surface area (Å²) in [4.78, 5) is 14.2. The molecule has 0 saturated carbocycles. The highest BCUT2D eigenvalue weighted by atomic mass is 19.4. The van der Waals surface area contributed by atoms with Crippen LogP contribution in [0.25, 0.3) is 0 Å². The Kier molecular flexibility index (Phi) is 5.85. The summed E-state index contributed by atoms with van der Waals surface area (Å²) in [5, 5.41) is 0. The maximum absolute atomic E-state index is 12.9. The summed E-state index contributed by atoms with van der Waals surface area (Å²) in [7, 11) is 0. The molecule has 1 aliphatic rings. The number of carbonyl (C=O) groups excluding carboxylic acids is 1. The van der Waals surface area contributed by atoms with Gasteiger partial charge in [-0.2, -0.15) is 13.2 Å². The standard InChI is InChI=1S/C21H22F3NO2/c1-15-5-2-6-16(11-15)14-27-19-9-4-10-25(13-19)20(26)17-7-3-8-18(12-17)21(22,23)24/h2-3,5-8,11-12,19H,4,9-10,13-14H2,1H3/t19-/m1/s1. The maximum Gasteiger partial charge on any atom is 0.416 e. The Hall–Kier alpha value is -2.34. The molecule has 0 radical (unpaired) electrons. The SMILES string of the molecule is Cc1cccc(CO[C@@H]2CCCN(C(=O)c3cccc(C(F)(F)F)c3)C2)c1. The van der Waals surface area contributed by atoms with E-state index in [4.69, 9.17) is 4.74 Å². The van der Waals surface area contributed by atoms with Gasteiger partial charge in [-0.15, -0.1) is 0 Å². The summed E-state index contributed by atoms with van der Waals surface area (Å²) in [6.45, 7) is 3.39. The Morgan fingerprint density at radius 2 is 1.96 bits per heavy atom. The normalized spacial score (nSPS) is 17.8. The minimum atomic E-state index is -4.46. The molecule has 0 N–H and O–H groups in total. The lowest BCUT2D eigenvalue weighted by molar-refractivity contribution is -0.137. The molecule has 6 heteroatoms. The molecular formula is C21H22F3NO2. The first-order chi connectivity index (χ1) is 12.8. The molecule has 0 aromatic heterocycles. The summed E-state index contributed by atoms with van der Waals surface area (Å²) in [6.07, 6.45) is -2.98. The van der Waals surface area contributed by atoms with Crippen molar-refractivity contribution in [2.24, 2.45) is 0 Å². The van der Waals surface area contributed by atoms with Crippen LogP contribution in [0.2, 0.25) is 0 Å². The van der Waals surface area contributed by atoms with Crippen LogP contribution in [-0.2, 0) is 17.5 Å². The van der Waals surface area contributed by atoms with Gasteiger partial charge in [-0.05, 0) is 43.5 Å². The molecule has 1 aliphatic heterocycles. The van der Waals surface area contributed by atoms with E-state index in [1.165, 1.54) is 12.1 Å². The summed E-state index contributed by atoms with van der Waals surface area (Å²) >= 11 is 0. The molecule has 2 aromatic rings. The molecule has 144 valence electrons. The Bertz CT molecular complexity index is 804. The van der Waals surface area contributed by atoms with Gasteiger partial charge in [-0.1, -0.05) is 35.9 Å². The summed E-state index contributed by atoms with van der Waals surface area (Å²) in [5.74, 6) is -0.384. The molecule has 1 heterocycles. The molecule has 3 nitrogen and oxygen atoms in total. The first-order valence-corrected chi connectivity index (χ1v) is 8.96. The van der Waals surface area contributed by atoms with Crippen molar-refractivity contribution < 1.29 is 22.7 Å². The lowest BCUT2D eigenvalue weighted by atomic mass is 10.0. The summed E-state index contributed by atoms with van der Waals surface area (Å²) in [5.41, 5.74) is 1.47. The van der Waals surface area contributed by atoms with Crippen molar-refractivity contribution in [2.45, 2.75) is 38.7 Å². The molecule has 1 saturated heterocycles. The van der Waals surface area contributed by atoms with Gasteiger partial charge in [0.25, 0.3) is 5.91 Å².